The Morgan fingerprint density at radius 3 is 2.45 bits per heavy atom. The third-order valence-corrected chi connectivity index (χ3v) is 3.89. The van der Waals surface area contributed by atoms with Gasteiger partial charge in [-0.1, -0.05) is 59.6 Å². The zero-order valence-electron chi connectivity index (χ0n) is 11.1. The fraction of sp³-hybridized carbons (Fsp3) is 0.188. The van der Waals surface area contributed by atoms with Gasteiger partial charge in [0.25, 0.3) is 0 Å². The second-order valence-electron chi connectivity index (χ2n) is 4.60. The smallest absolute Gasteiger partial charge is 0.227 e. The van der Waals surface area contributed by atoms with E-state index in [4.69, 9.17) is 23.2 Å². The maximum absolute atomic E-state index is 12.1. The van der Waals surface area contributed by atoms with Gasteiger partial charge in [0.2, 0.25) is 5.91 Å². The number of rotatable bonds is 4. The molecule has 20 heavy (non-hydrogen) atoms. The van der Waals surface area contributed by atoms with Crippen LogP contribution in [-0.2, 0) is 11.3 Å². The fourth-order valence-corrected chi connectivity index (χ4v) is 2.18. The molecule has 1 unspecified atom stereocenters. The quantitative estimate of drug-likeness (QED) is 0.890. The lowest BCUT2D eigenvalue weighted by molar-refractivity contribution is -0.122. The Labute approximate surface area is 128 Å². The van der Waals surface area contributed by atoms with E-state index in [0.29, 0.717) is 16.6 Å². The Bertz CT molecular complexity index is 599. The summed E-state index contributed by atoms with van der Waals surface area (Å²) in [6.07, 6.45) is 0. The van der Waals surface area contributed by atoms with Gasteiger partial charge in [-0.3, -0.25) is 4.79 Å². The summed E-state index contributed by atoms with van der Waals surface area (Å²) < 4.78 is 0. The highest BCUT2D eigenvalue weighted by Gasteiger charge is 2.15. The first kappa shape index (κ1) is 14.9. The van der Waals surface area contributed by atoms with Gasteiger partial charge < -0.3 is 5.32 Å². The normalized spacial score (nSPS) is 11.9. The molecule has 104 valence electrons. The zero-order valence-corrected chi connectivity index (χ0v) is 12.6. The average molecular weight is 308 g/mol. The fourth-order valence-electron chi connectivity index (χ4n) is 1.87. The summed E-state index contributed by atoms with van der Waals surface area (Å²) in [5, 5.41) is 3.87. The molecule has 4 heteroatoms. The van der Waals surface area contributed by atoms with Crippen LogP contribution in [0.25, 0.3) is 0 Å². The van der Waals surface area contributed by atoms with Gasteiger partial charge in [0.15, 0.2) is 0 Å². The maximum Gasteiger partial charge on any atom is 0.227 e. The first-order valence-electron chi connectivity index (χ1n) is 6.34. The Balaban J connectivity index is 1.99. The Morgan fingerprint density at radius 1 is 1.10 bits per heavy atom. The van der Waals surface area contributed by atoms with Gasteiger partial charge >= 0.3 is 0 Å². The average Bonchev–Trinajstić information content (AvgIpc) is 2.48. The molecule has 1 atom stereocenters. The minimum absolute atomic E-state index is 0.0350. The Morgan fingerprint density at radius 2 is 1.80 bits per heavy atom. The lowest BCUT2D eigenvalue weighted by Crippen LogP contribution is -2.27. The molecule has 2 aromatic rings. The van der Waals surface area contributed by atoms with Crippen molar-refractivity contribution in [3.05, 3.63) is 69.7 Å². The van der Waals surface area contributed by atoms with E-state index < -0.39 is 0 Å². The maximum atomic E-state index is 12.1. The lowest BCUT2D eigenvalue weighted by Gasteiger charge is -2.13. The number of carbonyl (C=O) groups excluding carboxylic acids is 1. The first-order chi connectivity index (χ1) is 9.58. The highest BCUT2D eigenvalue weighted by Crippen LogP contribution is 2.26. The molecule has 0 saturated carbocycles. The molecule has 2 nitrogen and oxygen atoms in total. The minimum Gasteiger partial charge on any atom is -0.352 e. The Kier molecular flexibility index (Phi) is 5.05. The molecule has 0 aliphatic carbocycles. The second kappa shape index (κ2) is 6.78. The molecule has 1 amide bonds. The van der Waals surface area contributed by atoms with Crippen molar-refractivity contribution in [3.8, 4) is 0 Å². The molecule has 0 heterocycles. The standard InChI is InChI=1S/C16H15Cl2NO/c1-11(13-7-8-14(17)15(18)9-13)16(20)19-10-12-5-3-2-4-6-12/h2-9,11H,10H2,1H3,(H,19,20). The van der Waals surface area contributed by atoms with E-state index >= 15 is 0 Å². The molecule has 0 fully saturated rings. The summed E-state index contributed by atoms with van der Waals surface area (Å²) in [7, 11) is 0. The van der Waals surface area contributed by atoms with Crippen LogP contribution in [0.3, 0.4) is 0 Å². The van der Waals surface area contributed by atoms with Crippen LogP contribution in [0.1, 0.15) is 24.0 Å². The SMILES string of the molecule is CC(C(=O)NCc1ccccc1)c1ccc(Cl)c(Cl)c1. The van der Waals surface area contributed by atoms with Gasteiger partial charge in [0, 0.05) is 6.54 Å². The van der Waals surface area contributed by atoms with Gasteiger partial charge in [-0.25, -0.2) is 0 Å². The first-order valence-corrected chi connectivity index (χ1v) is 7.10. The molecule has 0 radical (unpaired) electrons. The molecule has 0 aliphatic heterocycles. The minimum atomic E-state index is -0.270. The van der Waals surface area contributed by atoms with Gasteiger partial charge in [0.05, 0.1) is 16.0 Å². The molecule has 2 rings (SSSR count). The molecule has 1 N–H and O–H groups in total. The van der Waals surface area contributed by atoms with Crippen LogP contribution < -0.4 is 5.32 Å². The van der Waals surface area contributed by atoms with Crippen LogP contribution in [0.4, 0.5) is 0 Å². The predicted octanol–water partition coefficient (Wildman–Crippen LogP) is 4.41. The van der Waals surface area contributed by atoms with Crippen molar-refractivity contribution in [2.24, 2.45) is 0 Å². The number of carbonyl (C=O) groups is 1. The van der Waals surface area contributed by atoms with E-state index in [1.54, 1.807) is 12.1 Å². The van der Waals surface area contributed by atoms with Crippen molar-refractivity contribution in [1.29, 1.82) is 0 Å². The van der Waals surface area contributed by atoms with E-state index in [9.17, 15) is 4.79 Å². The molecule has 0 spiro atoms. The molecular formula is C16H15Cl2NO. The molecular weight excluding hydrogens is 293 g/mol. The molecule has 0 bridgehead atoms. The number of hydrogen-bond acceptors (Lipinski definition) is 1. The van der Waals surface area contributed by atoms with Crippen molar-refractivity contribution in [2.75, 3.05) is 0 Å². The van der Waals surface area contributed by atoms with Crippen LogP contribution in [-0.4, -0.2) is 5.91 Å². The molecule has 0 saturated heterocycles. The van der Waals surface area contributed by atoms with Crippen molar-refractivity contribution in [2.45, 2.75) is 19.4 Å². The van der Waals surface area contributed by atoms with Gasteiger partial charge in [-0.05, 0) is 30.2 Å². The monoisotopic (exact) mass is 307 g/mol. The van der Waals surface area contributed by atoms with Gasteiger partial charge in [-0.2, -0.15) is 0 Å². The van der Waals surface area contributed by atoms with Crippen LogP contribution in [0.15, 0.2) is 48.5 Å². The molecule has 2 aromatic carbocycles. The van der Waals surface area contributed by atoms with E-state index in [0.717, 1.165) is 11.1 Å². The third-order valence-electron chi connectivity index (χ3n) is 3.15. The van der Waals surface area contributed by atoms with Crippen LogP contribution in [0, 0.1) is 0 Å². The number of nitrogens with one attached hydrogen (secondary N) is 1. The van der Waals surface area contributed by atoms with Crippen LogP contribution in [0.2, 0.25) is 10.0 Å². The summed E-state index contributed by atoms with van der Waals surface area (Å²) in [5.74, 6) is -0.305. The van der Waals surface area contributed by atoms with Crippen molar-refractivity contribution < 1.29 is 4.79 Å². The Hall–Kier alpha value is -1.51. The van der Waals surface area contributed by atoms with E-state index in [2.05, 4.69) is 5.32 Å². The third kappa shape index (κ3) is 3.75. The van der Waals surface area contributed by atoms with Crippen LogP contribution in [0.5, 0.6) is 0 Å². The molecule has 0 aliphatic rings. The number of benzene rings is 2. The highest BCUT2D eigenvalue weighted by molar-refractivity contribution is 6.42. The number of halogens is 2. The van der Waals surface area contributed by atoms with Crippen molar-refractivity contribution in [1.82, 2.24) is 5.32 Å². The number of amides is 1. The summed E-state index contributed by atoms with van der Waals surface area (Å²) in [4.78, 5) is 12.1. The van der Waals surface area contributed by atoms with E-state index in [1.165, 1.54) is 0 Å². The topological polar surface area (TPSA) is 29.1 Å². The molecule has 0 aromatic heterocycles. The summed E-state index contributed by atoms with van der Waals surface area (Å²) in [5.41, 5.74) is 1.92. The zero-order chi connectivity index (χ0) is 14.5. The summed E-state index contributed by atoms with van der Waals surface area (Å²) in [6, 6.07) is 15.1. The van der Waals surface area contributed by atoms with Crippen molar-refractivity contribution >= 4 is 29.1 Å². The second-order valence-corrected chi connectivity index (χ2v) is 5.41. The summed E-state index contributed by atoms with van der Waals surface area (Å²) >= 11 is 11.8. The van der Waals surface area contributed by atoms with Crippen molar-refractivity contribution in [3.63, 3.8) is 0 Å². The number of hydrogen-bond donors (Lipinski definition) is 1. The van der Waals surface area contributed by atoms with E-state index in [1.807, 2.05) is 43.3 Å². The highest BCUT2D eigenvalue weighted by atomic mass is 35.5. The van der Waals surface area contributed by atoms with Gasteiger partial charge in [0.1, 0.15) is 0 Å². The summed E-state index contributed by atoms with van der Waals surface area (Å²) in [6.45, 7) is 2.37. The van der Waals surface area contributed by atoms with Gasteiger partial charge in [-0.15, -0.1) is 0 Å². The largest absolute Gasteiger partial charge is 0.352 e. The van der Waals surface area contributed by atoms with Crippen LogP contribution >= 0.6 is 23.2 Å². The lowest BCUT2D eigenvalue weighted by atomic mass is 10.0. The predicted molar refractivity (Wildman–Crippen MR) is 83.2 cm³/mol. The van der Waals surface area contributed by atoms with E-state index in [-0.39, 0.29) is 11.8 Å².